The fourth-order valence-corrected chi connectivity index (χ4v) is 2.88. The second-order valence-corrected chi connectivity index (χ2v) is 4.62. The van der Waals surface area contributed by atoms with Crippen LogP contribution in [0.3, 0.4) is 0 Å². The van der Waals surface area contributed by atoms with Crippen molar-refractivity contribution in [3.05, 3.63) is 0 Å². The quantitative estimate of drug-likeness (QED) is 0.544. The molecule has 0 spiro atoms. The van der Waals surface area contributed by atoms with Crippen LogP contribution in [-0.4, -0.2) is 5.38 Å². The Morgan fingerprint density at radius 2 is 1.50 bits per heavy atom. The zero-order valence-electron chi connectivity index (χ0n) is 7.32. The Hall–Kier alpha value is 0.290. The molecule has 0 aliphatic heterocycles. The molecular formula is C9H17Cl. The number of hydrogen-bond acceptors (Lipinski definition) is 0. The van der Waals surface area contributed by atoms with E-state index in [1.807, 2.05) is 0 Å². The molecule has 0 aromatic heterocycles. The summed E-state index contributed by atoms with van der Waals surface area (Å²) in [5, 5.41) is 0.451. The molecule has 1 rings (SSSR count). The van der Waals surface area contributed by atoms with Crippen LogP contribution in [0.15, 0.2) is 0 Å². The van der Waals surface area contributed by atoms with Gasteiger partial charge in [0.05, 0.1) is 0 Å². The highest BCUT2D eigenvalue weighted by atomic mass is 35.5. The van der Waals surface area contributed by atoms with E-state index >= 15 is 0 Å². The fraction of sp³-hybridized carbons (Fsp3) is 1.00. The van der Waals surface area contributed by atoms with Crippen LogP contribution in [0.4, 0.5) is 0 Å². The normalized spacial score (nSPS) is 29.7. The summed E-state index contributed by atoms with van der Waals surface area (Å²) in [5.41, 5.74) is 0.474. The summed E-state index contributed by atoms with van der Waals surface area (Å²) in [6, 6.07) is 0. The SMILES string of the molecule is CC(C)C1(C(C)C)CC1Cl. The zero-order valence-corrected chi connectivity index (χ0v) is 8.07. The highest BCUT2D eigenvalue weighted by Gasteiger charge is 2.56. The third-order valence-electron chi connectivity index (χ3n) is 3.11. The Bertz CT molecular complexity index is 119. The number of halogens is 1. The van der Waals surface area contributed by atoms with E-state index in [2.05, 4.69) is 27.7 Å². The standard InChI is InChI=1S/C9H17Cl/c1-6(2)9(7(3)4)5-8(9)10/h6-8H,5H2,1-4H3. The van der Waals surface area contributed by atoms with Crippen molar-refractivity contribution in [2.75, 3.05) is 0 Å². The third-order valence-corrected chi connectivity index (χ3v) is 3.67. The smallest absolute Gasteiger partial charge is 0.0403 e. The number of hydrogen-bond donors (Lipinski definition) is 0. The van der Waals surface area contributed by atoms with Gasteiger partial charge in [-0.3, -0.25) is 0 Å². The second-order valence-electron chi connectivity index (χ2n) is 4.09. The molecule has 0 aromatic rings. The largest absolute Gasteiger partial charge is 0.122 e. The predicted octanol–water partition coefficient (Wildman–Crippen LogP) is 3.30. The maximum Gasteiger partial charge on any atom is 0.0403 e. The van der Waals surface area contributed by atoms with Gasteiger partial charge in [-0.25, -0.2) is 0 Å². The molecular weight excluding hydrogens is 144 g/mol. The van der Waals surface area contributed by atoms with Crippen molar-refractivity contribution in [2.45, 2.75) is 39.5 Å². The van der Waals surface area contributed by atoms with Crippen LogP contribution in [0.5, 0.6) is 0 Å². The molecule has 1 aliphatic rings. The van der Waals surface area contributed by atoms with Crippen molar-refractivity contribution in [1.29, 1.82) is 0 Å². The van der Waals surface area contributed by atoms with Gasteiger partial charge in [0.25, 0.3) is 0 Å². The van der Waals surface area contributed by atoms with E-state index < -0.39 is 0 Å². The average Bonchev–Trinajstić information content (AvgIpc) is 2.42. The first-order chi connectivity index (χ1) is 4.51. The highest BCUT2D eigenvalue weighted by Crippen LogP contribution is 2.60. The van der Waals surface area contributed by atoms with Gasteiger partial charge in [0.15, 0.2) is 0 Å². The van der Waals surface area contributed by atoms with Gasteiger partial charge in [0.2, 0.25) is 0 Å². The van der Waals surface area contributed by atoms with Crippen LogP contribution >= 0.6 is 11.6 Å². The molecule has 1 atom stereocenters. The summed E-state index contributed by atoms with van der Waals surface area (Å²) in [4.78, 5) is 0. The van der Waals surface area contributed by atoms with Crippen LogP contribution < -0.4 is 0 Å². The summed E-state index contributed by atoms with van der Waals surface area (Å²) < 4.78 is 0. The lowest BCUT2D eigenvalue weighted by Crippen LogP contribution is -2.19. The lowest BCUT2D eigenvalue weighted by atomic mass is 9.82. The Labute approximate surface area is 69.0 Å². The van der Waals surface area contributed by atoms with Crippen molar-refractivity contribution < 1.29 is 0 Å². The van der Waals surface area contributed by atoms with E-state index in [-0.39, 0.29) is 0 Å². The molecule has 0 radical (unpaired) electrons. The molecule has 1 fully saturated rings. The molecule has 1 aliphatic carbocycles. The average molecular weight is 161 g/mol. The van der Waals surface area contributed by atoms with Gasteiger partial charge in [-0.05, 0) is 23.7 Å². The Balaban J connectivity index is 2.64. The Kier molecular flexibility index (Phi) is 2.02. The molecule has 1 unspecified atom stereocenters. The molecule has 10 heavy (non-hydrogen) atoms. The van der Waals surface area contributed by atoms with Crippen LogP contribution in [0, 0.1) is 17.3 Å². The molecule has 1 saturated carbocycles. The summed E-state index contributed by atoms with van der Waals surface area (Å²) in [6.07, 6.45) is 1.23. The lowest BCUT2D eigenvalue weighted by Gasteiger charge is -2.24. The van der Waals surface area contributed by atoms with E-state index in [1.54, 1.807) is 0 Å². The zero-order chi connectivity index (χ0) is 7.94. The number of rotatable bonds is 2. The van der Waals surface area contributed by atoms with Crippen LogP contribution in [-0.2, 0) is 0 Å². The minimum Gasteiger partial charge on any atom is -0.122 e. The van der Waals surface area contributed by atoms with E-state index in [0.29, 0.717) is 10.8 Å². The molecule has 0 aromatic carbocycles. The molecule has 0 saturated heterocycles. The molecule has 0 N–H and O–H groups in total. The first-order valence-electron chi connectivity index (χ1n) is 4.16. The molecule has 0 heterocycles. The van der Waals surface area contributed by atoms with Crippen molar-refractivity contribution in [3.8, 4) is 0 Å². The first kappa shape index (κ1) is 8.39. The number of alkyl halides is 1. The lowest BCUT2D eigenvalue weighted by molar-refractivity contribution is 0.261. The van der Waals surface area contributed by atoms with Crippen molar-refractivity contribution in [1.82, 2.24) is 0 Å². The van der Waals surface area contributed by atoms with Gasteiger partial charge in [-0.1, -0.05) is 27.7 Å². The summed E-state index contributed by atoms with van der Waals surface area (Å²) in [7, 11) is 0. The van der Waals surface area contributed by atoms with Crippen LogP contribution in [0.25, 0.3) is 0 Å². The fourth-order valence-electron chi connectivity index (χ4n) is 2.11. The molecule has 0 bridgehead atoms. The predicted molar refractivity (Wildman–Crippen MR) is 46.4 cm³/mol. The van der Waals surface area contributed by atoms with Gasteiger partial charge in [-0.15, -0.1) is 11.6 Å². The van der Waals surface area contributed by atoms with Gasteiger partial charge in [-0.2, -0.15) is 0 Å². The van der Waals surface area contributed by atoms with Gasteiger partial charge in [0.1, 0.15) is 0 Å². The molecule has 60 valence electrons. The maximum absolute atomic E-state index is 6.10. The Morgan fingerprint density at radius 3 is 1.50 bits per heavy atom. The minimum atomic E-state index is 0.451. The molecule has 1 heteroatoms. The topological polar surface area (TPSA) is 0 Å². The second kappa shape index (κ2) is 2.41. The highest BCUT2D eigenvalue weighted by molar-refractivity contribution is 6.23. The van der Waals surface area contributed by atoms with Crippen molar-refractivity contribution >= 4 is 11.6 Å². The van der Waals surface area contributed by atoms with Crippen molar-refractivity contribution in [3.63, 3.8) is 0 Å². The monoisotopic (exact) mass is 160 g/mol. The molecule has 0 nitrogen and oxygen atoms in total. The van der Waals surface area contributed by atoms with Gasteiger partial charge >= 0.3 is 0 Å². The molecule has 0 amide bonds. The van der Waals surface area contributed by atoms with Gasteiger partial charge in [0, 0.05) is 5.38 Å². The van der Waals surface area contributed by atoms with E-state index in [9.17, 15) is 0 Å². The van der Waals surface area contributed by atoms with E-state index in [4.69, 9.17) is 11.6 Å². The Morgan fingerprint density at radius 1 is 1.20 bits per heavy atom. The van der Waals surface area contributed by atoms with E-state index in [0.717, 1.165) is 11.8 Å². The summed E-state index contributed by atoms with van der Waals surface area (Å²) in [5.74, 6) is 1.49. The maximum atomic E-state index is 6.10. The summed E-state index contributed by atoms with van der Waals surface area (Å²) >= 11 is 6.10. The third kappa shape index (κ3) is 0.972. The first-order valence-corrected chi connectivity index (χ1v) is 4.59. The van der Waals surface area contributed by atoms with E-state index in [1.165, 1.54) is 6.42 Å². The minimum absolute atomic E-state index is 0.451. The van der Waals surface area contributed by atoms with Crippen LogP contribution in [0.2, 0.25) is 0 Å². The van der Waals surface area contributed by atoms with Crippen molar-refractivity contribution in [2.24, 2.45) is 17.3 Å². The summed E-state index contributed by atoms with van der Waals surface area (Å²) in [6.45, 7) is 9.12. The van der Waals surface area contributed by atoms with Gasteiger partial charge < -0.3 is 0 Å². The van der Waals surface area contributed by atoms with Crippen LogP contribution in [0.1, 0.15) is 34.1 Å².